The van der Waals surface area contributed by atoms with Gasteiger partial charge < -0.3 is 27.9 Å². The molecule has 10 heteroatoms. The zero-order chi connectivity index (χ0) is 47.8. The highest BCUT2D eigenvalue weighted by Gasteiger charge is 2.21. The first-order valence-corrected chi connectivity index (χ1v) is 28.0. The summed E-state index contributed by atoms with van der Waals surface area (Å²) < 4.78 is 34.0. The number of phosphoric acid groups is 1. The minimum atomic E-state index is -4.64. The first-order chi connectivity index (χ1) is 31.5. The van der Waals surface area contributed by atoms with Gasteiger partial charge in [0.1, 0.15) is 19.8 Å². The maximum Gasteiger partial charge on any atom is 0.306 e. The lowest BCUT2D eigenvalue weighted by atomic mass is 10.0. The minimum absolute atomic E-state index is 0.0388. The molecule has 1 unspecified atom stereocenters. The van der Waals surface area contributed by atoms with Gasteiger partial charge in [0.25, 0.3) is 7.82 Å². The Labute approximate surface area is 400 Å². The average molecular weight is 934 g/mol. The summed E-state index contributed by atoms with van der Waals surface area (Å²) in [6, 6.07) is 0. The number of rotatable bonds is 48. The Hall–Kier alpha value is -2.29. The van der Waals surface area contributed by atoms with Crippen LogP contribution in [0.25, 0.3) is 0 Å². The van der Waals surface area contributed by atoms with Crippen LogP contribution >= 0.6 is 7.82 Å². The lowest BCUT2D eigenvalue weighted by molar-refractivity contribution is -0.870. The highest BCUT2D eigenvalue weighted by atomic mass is 31.2. The van der Waals surface area contributed by atoms with Crippen molar-refractivity contribution in [3.8, 4) is 0 Å². The van der Waals surface area contributed by atoms with Crippen LogP contribution < -0.4 is 4.89 Å². The predicted molar refractivity (Wildman–Crippen MR) is 273 cm³/mol. The molecule has 65 heavy (non-hydrogen) atoms. The topological polar surface area (TPSA) is 111 Å². The molecule has 0 bridgehead atoms. The summed E-state index contributed by atoms with van der Waals surface area (Å²) in [5.74, 6) is -0.866. The third-order valence-corrected chi connectivity index (χ3v) is 12.3. The summed E-state index contributed by atoms with van der Waals surface area (Å²) in [5, 5.41) is 0. The average Bonchev–Trinajstić information content (AvgIpc) is 3.26. The second-order valence-corrected chi connectivity index (χ2v) is 20.3. The largest absolute Gasteiger partial charge is 0.756 e. The number of unbranched alkanes of at least 4 members (excludes halogenated alkanes) is 24. The van der Waals surface area contributed by atoms with Gasteiger partial charge in [-0.3, -0.25) is 14.2 Å². The molecule has 2 atom stereocenters. The van der Waals surface area contributed by atoms with E-state index in [2.05, 4.69) is 74.6 Å². The summed E-state index contributed by atoms with van der Waals surface area (Å²) in [5.41, 5.74) is 0. The number of allylic oxidation sites excluding steroid dienone is 10. The van der Waals surface area contributed by atoms with E-state index in [1.54, 1.807) is 0 Å². The molecular formula is C55H100NO8P. The number of ether oxygens (including phenoxy) is 2. The van der Waals surface area contributed by atoms with Crippen LogP contribution in [-0.4, -0.2) is 70.0 Å². The van der Waals surface area contributed by atoms with E-state index in [4.69, 9.17) is 18.5 Å². The van der Waals surface area contributed by atoms with Gasteiger partial charge in [0.2, 0.25) is 0 Å². The molecule has 0 aromatic carbocycles. The van der Waals surface area contributed by atoms with E-state index < -0.39 is 32.5 Å². The number of carbonyl (C=O) groups is 2. The van der Waals surface area contributed by atoms with Gasteiger partial charge in [0.05, 0.1) is 27.7 Å². The van der Waals surface area contributed by atoms with Crippen molar-refractivity contribution in [3.63, 3.8) is 0 Å². The Kier molecular flexibility index (Phi) is 45.2. The number of hydrogen-bond donors (Lipinski definition) is 0. The van der Waals surface area contributed by atoms with Crippen LogP contribution in [0.5, 0.6) is 0 Å². The molecule has 0 saturated heterocycles. The quantitative estimate of drug-likeness (QED) is 0.0195. The van der Waals surface area contributed by atoms with Crippen molar-refractivity contribution in [1.82, 2.24) is 0 Å². The van der Waals surface area contributed by atoms with Crippen molar-refractivity contribution in [3.05, 3.63) is 60.8 Å². The Morgan fingerprint density at radius 1 is 0.492 bits per heavy atom. The normalized spacial score (nSPS) is 13.9. The maximum atomic E-state index is 12.7. The summed E-state index contributed by atoms with van der Waals surface area (Å²) in [4.78, 5) is 37.7. The first-order valence-electron chi connectivity index (χ1n) is 26.5. The number of quaternary nitrogens is 1. The van der Waals surface area contributed by atoms with E-state index in [1.807, 2.05) is 21.1 Å². The molecule has 0 spiro atoms. The van der Waals surface area contributed by atoms with E-state index in [0.717, 1.165) is 70.6 Å². The SMILES string of the molecule is CC/C=C/C/C=C/C/C=C/C/C=C/C/C=C/CCCCCC(=O)O[C@H](COC(=O)CCCCCCCCCCCCCCCCCCCCCCCC)COP(=O)([O-])OCC[N+](C)(C)C. The molecule has 0 radical (unpaired) electrons. The van der Waals surface area contributed by atoms with Crippen LogP contribution in [0.3, 0.4) is 0 Å². The molecule has 0 aromatic rings. The number of likely N-dealkylation sites (N-methyl/N-ethyl adjacent to an activating group) is 1. The van der Waals surface area contributed by atoms with Crippen molar-refractivity contribution in [2.75, 3.05) is 47.5 Å². The van der Waals surface area contributed by atoms with Crippen LogP contribution in [0, 0.1) is 0 Å². The Morgan fingerprint density at radius 2 is 0.877 bits per heavy atom. The standard InChI is InChI=1S/C55H100NO8P/c1-6-8-10-12-14-16-18-20-22-24-26-27-28-30-31-33-35-37-39-41-43-45-47-54(57)61-51-53(52-63-65(59,60)62-50-49-56(3,4)5)64-55(58)48-46-44-42-40-38-36-34-32-29-25-23-21-19-17-15-13-11-9-7-2/h9,11,15,17,21,23,29,32,36,38,53H,6-8,10,12-14,16,18-20,22,24-28,30-31,33-35,37,39-52H2,1-5H3/b11-9+,17-15+,23-21+,32-29+,38-36+/t53-/m1/s1. The first kappa shape index (κ1) is 62.7. The van der Waals surface area contributed by atoms with Gasteiger partial charge >= 0.3 is 11.9 Å². The molecule has 0 aliphatic heterocycles. The Bertz CT molecular complexity index is 1290. The fourth-order valence-corrected chi connectivity index (χ4v) is 7.94. The van der Waals surface area contributed by atoms with Gasteiger partial charge in [-0.05, 0) is 57.8 Å². The molecular weight excluding hydrogens is 834 g/mol. The molecule has 9 nitrogen and oxygen atoms in total. The van der Waals surface area contributed by atoms with E-state index in [0.29, 0.717) is 17.4 Å². The zero-order valence-corrected chi connectivity index (χ0v) is 43.6. The van der Waals surface area contributed by atoms with Crippen molar-refractivity contribution in [1.29, 1.82) is 0 Å². The number of phosphoric ester groups is 1. The maximum absolute atomic E-state index is 12.7. The van der Waals surface area contributed by atoms with Gasteiger partial charge in [-0.25, -0.2) is 0 Å². The highest BCUT2D eigenvalue weighted by Crippen LogP contribution is 2.38. The smallest absolute Gasteiger partial charge is 0.306 e. The number of carbonyl (C=O) groups excluding carboxylic acids is 2. The third kappa shape index (κ3) is 51.0. The number of esters is 2. The zero-order valence-electron chi connectivity index (χ0n) is 42.7. The molecule has 0 aliphatic rings. The van der Waals surface area contributed by atoms with Crippen molar-refractivity contribution >= 4 is 19.8 Å². The lowest BCUT2D eigenvalue weighted by Crippen LogP contribution is -2.37. The van der Waals surface area contributed by atoms with Crippen molar-refractivity contribution in [2.45, 2.75) is 232 Å². The van der Waals surface area contributed by atoms with Crippen LogP contribution in [-0.2, 0) is 32.7 Å². The molecule has 0 aliphatic carbocycles. The molecule has 0 amide bonds. The van der Waals surface area contributed by atoms with Crippen molar-refractivity contribution in [2.24, 2.45) is 0 Å². The summed E-state index contributed by atoms with van der Waals surface area (Å²) >= 11 is 0. The van der Waals surface area contributed by atoms with E-state index in [-0.39, 0.29) is 26.1 Å². The predicted octanol–water partition coefficient (Wildman–Crippen LogP) is 15.3. The molecule has 0 rings (SSSR count). The van der Waals surface area contributed by atoms with Gasteiger partial charge in [0.15, 0.2) is 6.10 Å². The minimum Gasteiger partial charge on any atom is -0.756 e. The second-order valence-electron chi connectivity index (χ2n) is 18.9. The molecule has 0 N–H and O–H groups in total. The van der Waals surface area contributed by atoms with E-state index in [1.165, 1.54) is 122 Å². The molecule has 378 valence electrons. The highest BCUT2D eigenvalue weighted by molar-refractivity contribution is 7.45. The third-order valence-electron chi connectivity index (χ3n) is 11.3. The lowest BCUT2D eigenvalue weighted by Gasteiger charge is -2.28. The summed E-state index contributed by atoms with van der Waals surface area (Å²) in [6.45, 7) is 4.10. The van der Waals surface area contributed by atoms with E-state index in [9.17, 15) is 19.0 Å². The number of hydrogen-bond acceptors (Lipinski definition) is 8. The van der Waals surface area contributed by atoms with Crippen LogP contribution in [0.15, 0.2) is 60.8 Å². The monoisotopic (exact) mass is 934 g/mol. The van der Waals surface area contributed by atoms with Crippen LogP contribution in [0.4, 0.5) is 0 Å². The van der Waals surface area contributed by atoms with Crippen molar-refractivity contribution < 1.29 is 42.1 Å². The molecule has 0 heterocycles. The van der Waals surface area contributed by atoms with E-state index >= 15 is 0 Å². The number of nitrogens with zero attached hydrogens (tertiary/aromatic N) is 1. The van der Waals surface area contributed by atoms with Crippen LogP contribution in [0.2, 0.25) is 0 Å². The van der Waals surface area contributed by atoms with Gasteiger partial charge in [-0.2, -0.15) is 0 Å². The Balaban J connectivity index is 4.26. The molecule has 0 saturated carbocycles. The second kappa shape index (κ2) is 46.8. The van der Waals surface area contributed by atoms with Gasteiger partial charge in [0, 0.05) is 12.8 Å². The molecule has 0 fully saturated rings. The van der Waals surface area contributed by atoms with Crippen LogP contribution in [0.1, 0.15) is 226 Å². The molecule has 0 aromatic heterocycles. The van der Waals surface area contributed by atoms with Gasteiger partial charge in [-0.1, -0.05) is 216 Å². The fraction of sp³-hybridized carbons (Fsp3) is 0.782. The summed E-state index contributed by atoms with van der Waals surface area (Å²) in [6.07, 6.45) is 58.3. The van der Waals surface area contributed by atoms with Gasteiger partial charge in [-0.15, -0.1) is 0 Å². The fourth-order valence-electron chi connectivity index (χ4n) is 7.21. The summed E-state index contributed by atoms with van der Waals surface area (Å²) in [7, 11) is 1.14. The Morgan fingerprint density at radius 3 is 1.31 bits per heavy atom.